The molecule has 2 heterocycles. The summed E-state index contributed by atoms with van der Waals surface area (Å²) in [5.74, 6) is 0. The Hall–Kier alpha value is -3.26. The summed E-state index contributed by atoms with van der Waals surface area (Å²) < 4.78 is 0. The van der Waals surface area contributed by atoms with Gasteiger partial charge in [-0.25, -0.2) is 0 Å². The number of nitrogens with zero attached hydrogens (tertiary/aromatic N) is 1. The van der Waals surface area contributed by atoms with Gasteiger partial charge in [0, 0.05) is 34.0 Å². The summed E-state index contributed by atoms with van der Waals surface area (Å²) in [4.78, 5) is 5.51. The van der Waals surface area contributed by atoms with Crippen molar-refractivity contribution < 1.29 is 0 Å². The molecular weight excluding hydrogens is 304 g/mol. The second kappa shape index (κ2) is 6.70. The van der Waals surface area contributed by atoms with E-state index in [-0.39, 0.29) is 0 Å². The highest BCUT2D eigenvalue weighted by Gasteiger charge is 2.07. The molecule has 0 atom stereocenters. The van der Waals surface area contributed by atoms with Crippen LogP contribution in [-0.2, 0) is 0 Å². The Kier molecular flexibility index (Phi) is 4.09. The highest BCUT2D eigenvalue weighted by atomic mass is 15.1. The van der Waals surface area contributed by atoms with E-state index in [0.717, 1.165) is 6.54 Å². The molecule has 0 saturated carbocycles. The van der Waals surface area contributed by atoms with Crippen molar-refractivity contribution >= 4 is 33.6 Å². The number of fused-ring (bicyclic) bond motifs is 4. The zero-order chi connectivity index (χ0) is 17.1. The Balaban J connectivity index is 0.000000126. The number of benzene rings is 3. The van der Waals surface area contributed by atoms with Gasteiger partial charge < -0.3 is 9.88 Å². The van der Waals surface area contributed by atoms with Gasteiger partial charge in [0.05, 0.1) is 0 Å². The maximum absolute atomic E-state index is 3.78. The van der Waals surface area contributed by atoms with Gasteiger partial charge in [0.1, 0.15) is 0 Å². The molecular formula is C23H20N2. The van der Waals surface area contributed by atoms with Crippen molar-refractivity contribution in [3.05, 3.63) is 97.2 Å². The molecule has 1 aliphatic rings. The Morgan fingerprint density at radius 3 is 2.08 bits per heavy atom. The highest BCUT2D eigenvalue weighted by molar-refractivity contribution is 6.06. The van der Waals surface area contributed by atoms with Gasteiger partial charge in [-0.3, -0.25) is 0 Å². The third kappa shape index (κ3) is 2.94. The SMILES string of the molecule is C=CN1CC=Cc2ccccc21.c1ccc2c(c1)[nH]c1ccccc12. The molecule has 0 saturated heterocycles. The van der Waals surface area contributed by atoms with Crippen molar-refractivity contribution in [2.24, 2.45) is 0 Å². The van der Waals surface area contributed by atoms with E-state index < -0.39 is 0 Å². The van der Waals surface area contributed by atoms with Crippen LogP contribution in [0.25, 0.3) is 27.9 Å². The molecule has 122 valence electrons. The smallest absolute Gasteiger partial charge is 0.0482 e. The molecule has 0 radical (unpaired) electrons. The Morgan fingerprint density at radius 2 is 1.40 bits per heavy atom. The van der Waals surface area contributed by atoms with E-state index in [4.69, 9.17) is 0 Å². The zero-order valence-electron chi connectivity index (χ0n) is 14.0. The van der Waals surface area contributed by atoms with Crippen LogP contribution in [0.1, 0.15) is 5.56 Å². The van der Waals surface area contributed by atoms with E-state index in [1.807, 2.05) is 6.20 Å². The quantitative estimate of drug-likeness (QED) is 0.456. The number of H-pyrrole nitrogens is 1. The zero-order valence-corrected chi connectivity index (χ0v) is 14.0. The molecule has 0 bridgehead atoms. The van der Waals surface area contributed by atoms with Gasteiger partial charge >= 0.3 is 0 Å². The summed E-state index contributed by atoms with van der Waals surface area (Å²) >= 11 is 0. The van der Waals surface area contributed by atoms with Crippen LogP contribution in [0.15, 0.2) is 91.7 Å². The number of nitrogens with one attached hydrogen (secondary N) is 1. The Bertz CT molecular complexity index is 1010. The summed E-state index contributed by atoms with van der Waals surface area (Å²) in [7, 11) is 0. The topological polar surface area (TPSA) is 19.0 Å². The molecule has 1 aliphatic heterocycles. The van der Waals surface area contributed by atoms with E-state index in [2.05, 4.69) is 101 Å². The van der Waals surface area contributed by atoms with Gasteiger partial charge in [0.2, 0.25) is 0 Å². The molecule has 0 aliphatic carbocycles. The molecule has 0 fully saturated rings. The molecule has 2 heteroatoms. The van der Waals surface area contributed by atoms with Gasteiger partial charge in [-0.05, 0) is 30.0 Å². The second-order valence-corrected chi connectivity index (χ2v) is 6.01. The van der Waals surface area contributed by atoms with Gasteiger partial charge in [-0.15, -0.1) is 0 Å². The van der Waals surface area contributed by atoms with Crippen molar-refractivity contribution in [1.29, 1.82) is 0 Å². The normalized spacial score (nSPS) is 12.6. The average Bonchev–Trinajstić information content (AvgIpc) is 3.07. The summed E-state index contributed by atoms with van der Waals surface area (Å²) in [6.07, 6.45) is 6.15. The lowest BCUT2D eigenvalue weighted by molar-refractivity contribution is 1.08. The van der Waals surface area contributed by atoms with Crippen molar-refractivity contribution in [2.45, 2.75) is 0 Å². The molecule has 0 unspecified atom stereocenters. The van der Waals surface area contributed by atoms with Gasteiger partial charge in [0.15, 0.2) is 0 Å². The predicted molar refractivity (Wildman–Crippen MR) is 109 cm³/mol. The first kappa shape index (κ1) is 15.3. The molecule has 4 aromatic rings. The fraction of sp³-hybridized carbons (Fsp3) is 0.0435. The summed E-state index contributed by atoms with van der Waals surface area (Å²) in [6, 6.07) is 25.1. The summed E-state index contributed by atoms with van der Waals surface area (Å²) in [5.41, 5.74) is 4.94. The standard InChI is InChI=1S/C12H9N.C11H11N/c1-3-7-11-9(5-1)10-6-2-4-8-12(10)13-11;1-2-12-9-5-7-10-6-3-4-8-11(10)12/h1-8,13H;2-8H,1,9H2. The lowest BCUT2D eigenvalue weighted by Crippen LogP contribution is -2.18. The monoisotopic (exact) mass is 324 g/mol. The first-order valence-corrected chi connectivity index (χ1v) is 8.47. The molecule has 3 aromatic carbocycles. The molecule has 25 heavy (non-hydrogen) atoms. The van der Waals surface area contributed by atoms with Crippen LogP contribution in [0.4, 0.5) is 5.69 Å². The number of aromatic amines is 1. The fourth-order valence-corrected chi connectivity index (χ4v) is 3.25. The minimum atomic E-state index is 0.931. The van der Waals surface area contributed by atoms with E-state index in [1.165, 1.54) is 33.1 Å². The molecule has 1 N–H and O–H groups in total. The average molecular weight is 324 g/mol. The Labute approximate surface area is 147 Å². The predicted octanol–water partition coefficient (Wildman–Crippen LogP) is 5.98. The molecule has 5 rings (SSSR count). The van der Waals surface area contributed by atoms with Crippen LogP contribution in [0, 0.1) is 0 Å². The second-order valence-electron chi connectivity index (χ2n) is 6.01. The lowest BCUT2D eigenvalue weighted by Gasteiger charge is -2.23. The van der Waals surface area contributed by atoms with Crippen LogP contribution < -0.4 is 4.90 Å². The third-order valence-corrected chi connectivity index (χ3v) is 4.48. The van der Waals surface area contributed by atoms with Gasteiger partial charge in [-0.2, -0.15) is 0 Å². The number of rotatable bonds is 1. The maximum atomic E-state index is 3.78. The Morgan fingerprint density at radius 1 is 0.800 bits per heavy atom. The van der Waals surface area contributed by atoms with E-state index in [1.54, 1.807) is 0 Å². The molecule has 0 amide bonds. The summed E-state index contributed by atoms with van der Waals surface area (Å²) in [5, 5.41) is 2.61. The first-order chi connectivity index (χ1) is 12.4. The van der Waals surface area contributed by atoms with Gasteiger partial charge in [0.25, 0.3) is 0 Å². The largest absolute Gasteiger partial charge is 0.355 e. The molecule has 1 aromatic heterocycles. The van der Waals surface area contributed by atoms with Crippen molar-refractivity contribution in [3.8, 4) is 0 Å². The first-order valence-electron chi connectivity index (χ1n) is 8.47. The number of hydrogen-bond donors (Lipinski definition) is 1. The van der Waals surface area contributed by atoms with Crippen molar-refractivity contribution in [1.82, 2.24) is 4.98 Å². The van der Waals surface area contributed by atoms with Crippen LogP contribution in [0.2, 0.25) is 0 Å². The minimum Gasteiger partial charge on any atom is -0.355 e. The van der Waals surface area contributed by atoms with E-state index >= 15 is 0 Å². The number of para-hydroxylation sites is 3. The molecule has 2 nitrogen and oxygen atoms in total. The minimum absolute atomic E-state index is 0.931. The van der Waals surface area contributed by atoms with Gasteiger partial charge in [-0.1, -0.05) is 73.3 Å². The molecule has 0 spiro atoms. The summed E-state index contributed by atoms with van der Waals surface area (Å²) in [6.45, 7) is 4.71. The van der Waals surface area contributed by atoms with E-state index in [9.17, 15) is 0 Å². The van der Waals surface area contributed by atoms with Crippen molar-refractivity contribution in [3.63, 3.8) is 0 Å². The maximum Gasteiger partial charge on any atom is 0.0482 e. The number of anilines is 1. The van der Waals surface area contributed by atoms with E-state index in [0.29, 0.717) is 0 Å². The van der Waals surface area contributed by atoms with Crippen LogP contribution >= 0.6 is 0 Å². The van der Waals surface area contributed by atoms with Crippen molar-refractivity contribution in [2.75, 3.05) is 11.4 Å². The number of hydrogen-bond acceptors (Lipinski definition) is 1. The number of aromatic nitrogens is 1. The van der Waals surface area contributed by atoms with Crippen LogP contribution in [-0.4, -0.2) is 11.5 Å². The lowest BCUT2D eigenvalue weighted by atomic mass is 10.1. The fourth-order valence-electron chi connectivity index (χ4n) is 3.25. The third-order valence-electron chi connectivity index (χ3n) is 4.48. The van der Waals surface area contributed by atoms with Crippen LogP contribution in [0.5, 0.6) is 0 Å². The van der Waals surface area contributed by atoms with Crippen LogP contribution in [0.3, 0.4) is 0 Å². The highest BCUT2D eigenvalue weighted by Crippen LogP contribution is 2.25.